The lowest BCUT2D eigenvalue weighted by Crippen LogP contribution is -2.34. The summed E-state index contributed by atoms with van der Waals surface area (Å²) < 4.78 is 0. The molecule has 1 heterocycles. The van der Waals surface area contributed by atoms with Crippen LogP contribution in [0.25, 0.3) is 22.0 Å². The van der Waals surface area contributed by atoms with Crippen molar-refractivity contribution < 1.29 is 9.90 Å². The molecule has 1 aromatic heterocycles. The Morgan fingerprint density at radius 1 is 1.07 bits per heavy atom. The molecule has 0 radical (unpaired) electrons. The summed E-state index contributed by atoms with van der Waals surface area (Å²) in [6.45, 7) is 0.578. The number of benzene rings is 2. The number of pyridine rings is 1. The molecule has 0 spiro atoms. The Bertz CT molecular complexity index is 975. The molecule has 2 aromatic carbocycles. The summed E-state index contributed by atoms with van der Waals surface area (Å²) in [5, 5.41) is 11.6. The molecule has 1 aliphatic carbocycles. The molecule has 3 aromatic rings. The minimum absolute atomic E-state index is 0.00383. The Morgan fingerprint density at radius 3 is 2.54 bits per heavy atom. The summed E-state index contributed by atoms with van der Waals surface area (Å²) in [6.07, 6.45) is 6.32. The van der Waals surface area contributed by atoms with Gasteiger partial charge in [0.15, 0.2) is 0 Å². The number of carbonyl (C=O) groups excluding carboxylic acids is 1. The predicted octanol–water partition coefficient (Wildman–Crippen LogP) is 4.67. The number of hydrogen-bond donors (Lipinski definition) is 1. The molecule has 0 unspecified atom stereocenters. The van der Waals surface area contributed by atoms with Crippen molar-refractivity contribution in [2.45, 2.75) is 37.7 Å². The fourth-order valence-electron chi connectivity index (χ4n) is 4.04. The topological polar surface area (TPSA) is 53.4 Å². The van der Waals surface area contributed by atoms with Crippen LogP contribution in [0.1, 0.15) is 42.5 Å². The summed E-state index contributed by atoms with van der Waals surface area (Å²) in [5.41, 5.74) is 3.25. The van der Waals surface area contributed by atoms with E-state index in [2.05, 4.69) is 23.2 Å². The molecule has 1 N–H and O–H groups in total. The van der Waals surface area contributed by atoms with E-state index in [0.29, 0.717) is 18.5 Å². The third-order valence-corrected chi connectivity index (χ3v) is 5.86. The molecule has 1 fully saturated rings. The molecule has 1 aliphatic rings. The predicted molar refractivity (Wildman–Crippen MR) is 112 cm³/mol. The summed E-state index contributed by atoms with van der Waals surface area (Å²) in [6, 6.07) is 17.9. The number of nitrogens with zero attached hydrogens (tertiary/aromatic N) is 2. The van der Waals surface area contributed by atoms with Crippen LogP contribution in [0.15, 0.2) is 60.8 Å². The fourth-order valence-corrected chi connectivity index (χ4v) is 4.04. The van der Waals surface area contributed by atoms with E-state index in [0.717, 1.165) is 47.7 Å². The third-order valence-electron chi connectivity index (χ3n) is 5.86. The van der Waals surface area contributed by atoms with Gasteiger partial charge in [0.25, 0.3) is 5.91 Å². The zero-order valence-corrected chi connectivity index (χ0v) is 16.3. The molecule has 4 nitrogen and oxygen atoms in total. The monoisotopic (exact) mass is 374 g/mol. The van der Waals surface area contributed by atoms with Crippen molar-refractivity contribution in [3.8, 4) is 11.1 Å². The minimum Gasteiger partial charge on any atom is -0.390 e. The van der Waals surface area contributed by atoms with Crippen LogP contribution in [0.3, 0.4) is 0 Å². The van der Waals surface area contributed by atoms with Gasteiger partial charge in [-0.3, -0.25) is 9.78 Å². The van der Waals surface area contributed by atoms with Crippen molar-refractivity contribution >= 4 is 16.8 Å². The van der Waals surface area contributed by atoms with Crippen LogP contribution in [-0.2, 0) is 0 Å². The number of aliphatic hydroxyl groups is 1. The lowest BCUT2D eigenvalue weighted by Gasteiger charge is -2.26. The first-order valence-corrected chi connectivity index (χ1v) is 9.97. The highest BCUT2D eigenvalue weighted by atomic mass is 16.3. The van der Waals surface area contributed by atoms with Crippen LogP contribution in [0, 0.1) is 0 Å². The number of carbonyl (C=O) groups is 1. The van der Waals surface area contributed by atoms with E-state index in [1.165, 1.54) is 0 Å². The van der Waals surface area contributed by atoms with Crippen LogP contribution in [0.5, 0.6) is 0 Å². The van der Waals surface area contributed by atoms with Crippen molar-refractivity contribution in [3.63, 3.8) is 0 Å². The van der Waals surface area contributed by atoms with Gasteiger partial charge in [-0.2, -0.15) is 0 Å². The zero-order chi connectivity index (χ0) is 19.6. The highest BCUT2D eigenvalue weighted by Gasteiger charge is 2.31. The first kappa shape index (κ1) is 18.6. The van der Waals surface area contributed by atoms with Gasteiger partial charge in [-0.05, 0) is 60.7 Å². The molecule has 4 rings (SSSR count). The van der Waals surface area contributed by atoms with E-state index in [9.17, 15) is 9.90 Å². The van der Waals surface area contributed by atoms with E-state index < -0.39 is 5.60 Å². The Balaban J connectivity index is 1.45. The maximum Gasteiger partial charge on any atom is 0.253 e. The Labute approximate surface area is 165 Å². The van der Waals surface area contributed by atoms with E-state index in [1.54, 1.807) is 11.1 Å². The van der Waals surface area contributed by atoms with Gasteiger partial charge in [-0.15, -0.1) is 0 Å². The first-order valence-electron chi connectivity index (χ1n) is 9.97. The number of hydrogen-bond acceptors (Lipinski definition) is 3. The second kappa shape index (κ2) is 7.72. The van der Waals surface area contributed by atoms with E-state index in [4.69, 9.17) is 0 Å². The summed E-state index contributed by atoms with van der Waals surface area (Å²) in [5.74, 6) is -0.00383. The average molecular weight is 374 g/mol. The fraction of sp³-hybridized carbons (Fsp3) is 0.333. The summed E-state index contributed by atoms with van der Waals surface area (Å²) in [7, 11) is 1.81. The van der Waals surface area contributed by atoms with E-state index in [1.807, 2.05) is 43.4 Å². The first-order chi connectivity index (χ1) is 13.5. The molecule has 0 atom stereocenters. The maximum absolute atomic E-state index is 12.7. The van der Waals surface area contributed by atoms with Crippen molar-refractivity contribution in [2.24, 2.45) is 0 Å². The zero-order valence-electron chi connectivity index (χ0n) is 16.3. The van der Waals surface area contributed by atoms with Crippen LogP contribution in [0.4, 0.5) is 0 Å². The minimum atomic E-state index is -0.580. The van der Waals surface area contributed by atoms with Crippen LogP contribution < -0.4 is 0 Å². The largest absolute Gasteiger partial charge is 0.390 e. The second-order valence-corrected chi connectivity index (χ2v) is 7.90. The summed E-state index contributed by atoms with van der Waals surface area (Å²) >= 11 is 0. The van der Waals surface area contributed by atoms with Gasteiger partial charge in [0, 0.05) is 30.7 Å². The number of fused-ring (bicyclic) bond motifs is 1. The van der Waals surface area contributed by atoms with Gasteiger partial charge < -0.3 is 10.0 Å². The van der Waals surface area contributed by atoms with Crippen LogP contribution in [-0.4, -0.2) is 40.1 Å². The molecule has 0 saturated heterocycles. The van der Waals surface area contributed by atoms with Gasteiger partial charge >= 0.3 is 0 Å². The van der Waals surface area contributed by atoms with Gasteiger partial charge in [-0.1, -0.05) is 37.1 Å². The SMILES string of the molecule is CN(CCC1(O)CCCC1)C(=O)c1ccc(-c2ccc3ncccc3c2)cc1. The van der Waals surface area contributed by atoms with E-state index >= 15 is 0 Å². The molecular weight excluding hydrogens is 348 g/mol. The number of rotatable bonds is 5. The lowest BCUT2D eigenvalue weighted by molar-refractivity contribution is 0.0296. The van der Waals surface area contributed by atoms with Crippen molar-refractivity contribution in [1.29, 1.82) is 0 Å². The molecular formula is C24H26N2O2. The smallest absolute Gasteiger partial charge is 0.253 e. The molecule has 1 saturated carbocycles. The lowest BCUT2D eigenvalue weighted by atomic mass is 9.97. The van der Waals surface area contributed by atoms with Gasteiger partial charge in [0.05, 0.1) is 11.1 Å². The Kier molecular flexibility index (Phi) is 5.14. The third kappa shape index (κ3) is 3.92. The van der Waals surface area contributed by atoms with Crippen LogP contribution in [0.2, 0.25) is 0 Å². The van der Waals surface area contributed by atoms with Gasteiger partial charge in [-0.25, -0.2) is 0 Å². The molecule has 1 amide bonds. The van der Waals surface area contributed by atoms with Crippen molar-refractivity contribution in [1.82, 2.24) is 9.88 Å². The molecule has 28 heavy (non-hydrogen) atoms. The second-order valence-electron chi connectivity index (χ2n) is 7.90. The van der Waals surface area contributed by atoms with Crippen molar-refractivity contribution in [2.75, 3.05) is 13.6 Å². The molecule has 4 heteroatoms. The molecule has 0 aliphatic heterocycles. The van der Waals surface area contributed by atoms with Crippen molar-refractivity contribution in [3.05, 3.63) is 66.4 Å². The Hall–Kier alpha value is -2.72. The standard InChI is InChI=1S/C24H26N2O2/c1-26(16-14-24(28)12-2-3-13-24)23(27)19-8-6-18(7-9-19)20-10-11-22-21(17-20)5-4-15-25-22/h4-11,15,17,28H,2-3,12-14,16H2,1H3. The number of amides is 1. The summed E-state index contributed by atoms with van der Waals surface area (Å²) in [4.78, 5) is 18.8. The highest BCUT2D eigenvalue weighted by molar-refractivity contribution is 5.94. The average Bonchev–Trinajstić information content (AvgIpc) is 3.18. The van der Waals surface area contributed by atoms with Gasteiger partial charge in [0.2, 0.25) is 0 Å². The van der Waals surface area contributed by atoms with Gasteiger partial charge in [0.1, 0.15) is 0 Å². The van der Waals surface area contributed by atoms with E-state index in [-0.39, 0.29) is 5.91 Å². The molecule has 144 valence electrons. The number of aromatic nitrogens is 1. The maximum atomic E-state index is 12.7. The highest BCUT2D eigenvalue weighted by Crippen LogP contribution is 2.32. The quantitative estimate of drug-likeness (QED) is 0.706. The Morgan fingerprint density at radius 2 is 1.79 bits per heavy atom. The normalized spacial score (nSPS) is 15.6. The van der Waals surface area contributed by atoms with Crippen LogP contribution >= 0.6 is 0 Å². The molecule has 0 bridgehead atoms.